The van der Waals surface area contributed by atoms with Crippen molar-refractivity contribution in [2.45, 2.75) is 32.8 Å². The third-order valence-corrected chi connectivity index (χ3v) is 3.61. The molecule has 2 atom stereocenters. The zero-order valence-electron chi connectivity index (χ0n) is 11.7. The van der Waals surface area contributed by atoms with Crippen LogP contribution in [-0.2, 0) is 9.53 Å². The minimum atomic E-state index is -1.04. The second-order valence-electron chi connectivity index (χ2n) is 5.06. The molecule has 2 unspecified atom stereocenters. The van der Waals surface area contributed by atoms with Gasteiger partial charge < -0.3 is 15.2 Å². The molecule has 108 valence electrons. The lowest BCUT2D eigenvalue weighted by molar-refractivity contribution is -0.121. The van der Waals surface area contributed by atoms with Crippen molar-refractivity contribution in [3.05, 3.63) is 29.3 Å². The number of benzene rings is 1. The molecule has 0 bridgehead atoms. The standard InChI is InChI=1S/C15H19NO4/c1-3-13-10(6-7-20-13)14(17)16-12-5-4-9(2)8-11(12)15(18)19/h4-5,8,10,13H,3,6-7H2,1-2H3,(H,16,17)(H,18,19). The first-order valence-electron chi connectivity index (χ1n) is 6.79. The van der Waals surface area contributed by atoms with Gasteiger partial charge in [-0.25, -0.2) is 4.79 Å². The van der Waals surface area contributed by atoms with Gasteiger partial charge in [0.05, 0.1) is 23.3 Å². The average molecular weight is 277 g/mol. The summed E-state index contributed by atoms with van der Waals surface area (Å²) < 4.78 is 5.49. The van der Waals surface area contributed by atoms with Crippen molar-refractivity contribution in [1.82, 2.24) is 0 Å². The van der Waals surface area contributed by atoms with Gasteiger partial charge in [0.2, 0.25) is 5.91 Å². The lowest BCUT2D eigenvalue weighted by Gasteiger charge is -2.17. The third-order valence-electron chi connectivity index (χ3n) is 3.61. The van der Waals surface area contributed by atoms with Gasteiger partial charge in [0.1, 0.15) is 0 Å². The van der Waals surface area contributed by atoms with Crippen LogP contribution in [0.15, 0.2) is 18.2 Å². The number of aromatic carboxylic acids is 1. The molecule has 20 heavy (non-hydrogen) atoms. The summed E-state index contributed by atoms with van der Waals surface area (Å²) in [6.45, 7) is 4.37. The predicted octanol–water partition coefficient (Wildman–Crippen LogP) is 2.45. The number of hydrogen-bond acceptors (Lipinski definition) is 3. The Labute approximate surface area is 117 Å². The maximum atomic E-state index is 12.3. The Kier molecular flexibility index (Phi) is 4.39. The summed E-state index contributed by atoms with van der Waals surface area (Å²) in [6.07, 6.45) is 1.38. The van der Waals surface area contributed by atoms with E-state index in [1.807, 2.05) is 13.8 Å². The van der Waals surface area contributed by atoms with Crippen molar-refractivity contribution in [3.8, 4) is 0 Å². The quantitative estimate of drug-likeness (QED) is 0.886. The van der Waals surface area contributed by atoms with E-state index < -0.39 is 5.97 Å². The number of aryl methyl sites for hydroxylation is 1. The topological polar surface area (TPSA) is 75.6 Å². The Morgan fingerprint density at radius 1 is 1.45 bits per heavy atom. The highest BCUT2D eigenvalue weighted by atomic mass is 16.5. The number of ether oxygens (including phenoxy) is 1. The Morgan fingerprint density at radius 3 is 2.85 bits per heavy atom. The summed E-state index contributed by atoms with van der Waals surface area (Å²) >= 11 is 0. The van der Waals surface area contributed by atoms with Crippen molar-refractivity contribution >= 4 is 17.6 Å². The molecule has 5 heteroatoms. The highest BCUT2D eigenvalue weighted by Crippen LogP contribution is 2.26. The molecule has 0 aromatic heterocycles. The average Bonchev–Trinajstić information content (AvgIpc) is 2.89. The van der Waals surface area contributed by atoms with E-state index in [0.717, 1.165) is 12.0 Å². The van der Waals surface area contributed by atoms with Gasteiger partial charge in [-0.2, -0.15) is 0 Å². The summed E-state index contributed by atoms with van der Waals surface area (Å²) in [5.41, 5.74) is 1.30. The van der Waals surface area contributed by atoms with E-state index in [1.165, 1.54) is 0 Å². The van der Waals surface area contributed by atoms with Gasteiger partial charge in [-0.15, -0.1) is 0 Å². The number of hydrogen-bond donors (Lipinski definition) is 2. The zero-order valence-corrected chi connectivity index (χ0v) is 11.7. The molecule has 1 aromatic rings. The van der Waals surface area contributed by atoms with Crippen LogP contribution in [0.2, 0.25) is 0 Å². The third kappa shape index (κ3) is 2.99. The number of carboxylic acid groups (broad SMARTS) is 1. The van der Waals surface area contributed by atoms with E-state index in [0.29, 0.717) is 18.7 Å². The number of nitrogens with one attached hydrogen (secondary N) is 1. The largest absolute Gasteiger partial charge is 0.478 e. The van der Waals surface area contributed by atoms with Gasteiger partial charge >= 0.3 is 5.97 Å². The first-order valence-corrected chi connectivity index (χ1v) is 6.79. The lowest BCUT2D eigenvalue weighted by Crippen LogP contribution is -2.29. The monoisotopic (exact) mass is 277 g/mol. The van der Waals surface area contributed by atoms with Crippen molar-refractivity contribution in [2.75, 3.05) is 11.9 Å². The zero-order chi connectivity index (χ0) is 14.7. The number of carboxylic acids is 1. The minimum absolute atomic E-state index is 0.0753. The number of carbonyl (C=O) groups excluding carboxylic acids is 1. The Hall–Kier alpha value is -1.88. The van der Waals surface area contributed by atoms with Gasteiger partial charge in [-0.05, 0) is 31.9 Å². The molecule has 2 rings (SSSR count). The molecule has 1 amide bonds. The van der Waals surface area contributed by atoms with Crippen molar-refractivity contribution in [2.24, 2.45) is 5.92 Å². The minimum Gasteiger partial charge on any atom is -0.478 e. The second kappa shape index (κ2) is 6.05. The van der Waals surface area contributed by atoms with Crippen LogP contribution in [0, 0.1) is 12.8 Å². The Morgan fingerprint density at radius 2 is 2.20 bits per heavy atom. The maximum Gasteiger partial charge on any atom is 0.337 e. The molecule has 5 nitrogen and oxygen atoms in total. The molecule has 1 saturated heterocycles. The fraction of sp³-hybridized carbons (Fsp3) is 0.467. The molecule has 0 radical (unpaired) electrons. The van der Waals surface area contributed by atoms with Crippen LogP contribution in [0.3, 0.4) is 0 Å². The summed E-state index contributed by atoms with van der Waals surface area (Å²) in [5.74, 6) is -1.41. The fourth-order valence-corrected chi connectivity index (χ4v) is 2.52. The van der Waals surface area contributed by atoms with E-state index >= 15 is 0 Å². The van der Waals surface area contributed by atoms with Gasteiger partial charge in [0.25, 0.3) is 0 Å². The summed E-state index contributed by atoms with van der Waals surface area (Å²) in [4.78, 5) is 23.5. The number of carbonyl (C=O) groups is 2. The van der Waals surface area contributed by atoms with E-state index in [4.69, 9.17) is 4.74 Å². The Bertz CT molecular complexity index is 527. The van der Waals surface area contributed by atoms with Gasteiger partial charge in [0.15, 0.2) is 0 Å². The number of amides is 1. The first-order chi connectivity index (χ1) is 9.52. The van der Waals surface area contributed by atoms with Crippen LogP contribution in [0.5, 0.6) is 0 Å². The fourth-order valence-electron chi connectivity index (χ4n) is 2.52. The van der Waals surface area contributed by atoms with Crippen molar-refractivity contribution in [1.29, 1.82) is 0 Å². The molecule has 2 N–H and O–H groups in total. The number of anilines is 1. The van der Waals surface area contributed by atoms with Gasteiger partial charge in [0, 0.05) is 6.61 Å². The van der Waals surface area contributed by atoms with Gasteiger partial charge in [-0.3, -0.25) is 4.79 Å². The van der Waals surface area contributed by atoms with Crippen LogP contribution in [-0.4, -0.2) is 29.7 Å². The van der Waals surface area contributed by atoms with Gasteiger partial charge in [-0.1, -0.05) is 18.6 Å². The molecule has 1 aromatic carbocycles. The predicted molar refractivity (Wildman–Crippen MR) is 74.9 cm³/mol. The van der Waals surface area contributed by atoms with Crippen LogP contribution in [0.25, 0.3) is 0 Å². The SMILES string of the molecule is CCC1OCCC1C(=O)Nc1ccc(C)cc1C(=O)O. The molecule has 1 aliphatic heterocycles. The summed E-state index contributed by atoms with van der Waals surface area (Å²) in [6, 6.07) is 4.97. The summed E-state index contributed by atoms with van der Waals surface area (Å²) in [5, 5.41) is 11.9. The molecule has 1 aliphatic rings. The highest BCUT2D eigenvalue weighted by molar-refractivity contribution is 6.01. The van der Waals surface area contributed by atoms with E-state index in [9.17, 15) is 14.7 Å². The smallest absolute Gasteiger partial charge is 0.337 e. The maximum absolute atomic E-state index is 12.3. The van der Waals surface area contributed by atoms with Crippen molar-refractivity contribution < 1.29 is 19.4 Å². The molecule has 0 spiro atoms. The molecule has 0 aliphatic carbocycles. The van der Waals surface area contributed by atoms with Crippen molar-refractivity contribution in [3.63, 3.8) is 0 Å². The normalized spacial score (nSPS) is 21.7. The van der Waals surface area contributed by atoms with Crippen LogP contribution in [0.4, 0.5) is 5.69 Å². The van der Waals surface area contributed by atoms with Crippen LogP contribution < -0.4 is 5.32 Å². The van der Waals surface area contributed by atoms with E-state index in [-0.39, 0.29) is 23.5 Å². The molecule has 0 saturated carbocycles. The first kappa shape index (κ1) is 14.5. The highest BCUT2D eigenvalue weighted by Gasteiger charge is 2.33. The van der Waals surface area contributed by atoms with Crippen LogP contribution >= 0.6 is 0 Å². The summed E-state index contributed by atoms with van der Waals surface area (Å²) in [7, 11) is 0. The van der Waals surface area contributed by atoms with Crippen LogP contribution in [0.1, 0.15) is 35.7 Å². The Balaban J connectivity index is 2.17. The molecule has 1 heterocycles. The lowest BCUT2D eigenvalue weighted by atomic mass is 9.98. The van der Waals surface area contributed by atoms with E-state index in [2.05, 4.69) is 5.32 Å². The molecular weight excluding hydrogens is 258 g/mol. The molecule has 1 fully saturated rings. The number of rotatable bonds is 4. The second-order valence-corrected chi connectivity index (χ2v) is 5.06. The molecular formula is C15H19NO4. The van der Waals surface area contributed by atoms with E-state index in [1.54, 1.807) is 18.2 Å².